The van der Waals surface area contributed by atoms with E-state index < -0.39 is 0 Å². The summed E-state index contributed by atoms with van der Waals surface area (Å²) in [4.78, 5) is 10.3. The molecule has 0 radical (unpaired) electrons. The monoisotopic (exact) mass is 607 g/mol. The van der Waals surface area contributed by atoms with E-state index in [-0.39, 0.29) is 0 Å². The molecule has 1 spiro atoms. The molecule has 0 aromatic heterocycles. The summed E-state index contributed by atoms with van der Waals surface area (Å²) in [7, 11) is 2.23. The molecule has 7 saturated heterocycles. The lowest BCUT2D eigenvalue weighted by atomic mass is 9.72. The molecule has 8 aliphatic rings. The Labute approximate surface area is 268 Å². The number of piperidine rings is 3. The molecular weight excluding hydrogens is 532 g/mol. The Morgan fingerprint density at radius 1 is 0.791 bits per heavy atom. The topological polar surface area (TPSA) is 31.4 Å². The molecule has 0 N–H and O–H groups in total. The van der Waals surface area contributed by atoms with Crippen LogP contribution in [0.5, 0.6) is 0 Å². The molecule has 0 aromatic rings. The number of hydrogen-bond acceptors (Lipinski definition) is 6. The van der Waals surface area contributed by atoms with Crippen molar-refractivity contribution < 1.29 is 9.47 Å². The highest BCUT2D eigenvalue weighted by molar-refractivity contribution is 4.97. The van der Waals surface area contributed by atoms with Gasteiger partial charge in [-0.1, -0.05) is 62.3 Å². The van der Waals surface area contributed by atoms with Gasteiger partial charge >= 0.3 is 0 Å². The van der Waals surface area contributed by atoms with Crippen molar-refractivity contribution in [3.05, 3.63) is 0 Å². The normalized spacial score (nSPS) is 32.1. The van der Waals surface area contributed by atoms with E-state index in [2.05, 4.69) is 75.1 Å². The molecule has 254 valence electrons. The van der Waals surface area contributed by atoms with Gasteiger partial charge in [0.25, 0.3) is 0 Å². The molecule has 7 aliphatic heterocycles. The van der Waals surface area contributed by atoms with Gasteiger partial charge in [-0.15, -0.1) is 0 Å². The summed E-state index contributed by atoms with van der Waals surface area (Å²) < 4.78 is 10.6. The fourth-order valence-corrected chi connectivity index (χ4v) is 8.24. The van der Waals surface area contributed by atoms with Crippen molar-refractivity contribution in [1.29, 1.82) is 0 Å². The summed E-state index contributed by atoms with van der Waals surface area (Å²) >= 11 is 0. The van der Waals surface area contributed by atoms with Crippen LogP contribution in [0.1, 0.15) is 107 Å². The SMILES string of the molecule is CC.CC(C)CN1CC2CC(C1)O2.CC(C)CN1CC2CCC1C2.CCC1(C)COC1.CCN1CCC2(CC1)CN(C)C2. The van der Waals surface area contributed by atoms with Crippen LogP contribution in [-0.4, -0.2) is 124 Å². The molecule has 8 rings (SSSR count). The molecule has 1 saturated carbocycles. The predicted octanol–water partition coefficient (Wildman–Crippen LogP) is 6.74. The first-order valence-electron chi connectivity index (χ1n) is 18.6. The lowest BCUT2D eigenvalue weighted by molar-refractivity contribution is -0.181. The maximum Gasteiger partial charge on any atom is 0.0731 e. The average Bonchev–Trinajstić information content (AvgIpc) is 3.56. The number of rotatable bonds is 6. The first-order valence-corrected chi connectivity index (χ1v) is 18.6. The van der Waals surface area contributed by atoms with E-state index in [1.165, 1.54) is 110 Å². The van der Waals surface area contributed by atoms with Gasteiger partial charge in [0.15, 0.2) is 0 Å². The van der Waals surface area contributed by atoms with Crippen molar-refractivity contribution in [1.82, 2.24) is 19.6 Å². The second-order valence-corrected chi connectivity index (χ2v) is 16.2. The minimum Gasteiger partial charge on any atom is -0.380 e. The molecule has 0 aromatic carbocycles. The Morgan fingerprint density at radius 2 is 1.37 bits per heavy atom. The zero-order valence-electron chi connectivity index (χ0n) is 30.5. The van der Waals surface area contributed by atoms with E-state index in [0.717, 1.165) is 42.4 Å². The fraction of sp³-hybridized carbons (Fsp3) is 1.00. The van der Waals surface area contributed by atoms with Crippen LogP contribution in [-0.2, 0) is 9.47 Å². The summed E-state index contributed by atoms with van der Waals surface area (Å²) in [6, 6.07) is 0.974. The Balaban J connectivity index is 0.000000156. The molecular formula is C37H74N4O2. The van der Waals surface area contributed by atoms with Gasteiger partial charge in [-0.2, -0.15) is 0 Å². The quantitative estimate of drug-likeness (QED) is 0.333. The van der Waals surface area contributed by atoms with Crippen LogP contribution in [0.25, 0.3) is 0 Å². The van der Waals surface area contributed by atoms with Crippen molar-refractivity contribution in [3.8, 4) is 0 Å². The molecule has 43 heavy (non-hydrogen) atoms. The minimum atomic E-state index is 0.542. The summed E-state index contributed by atoms with van der Waals surface area (Å²) in [6.45, 7) is 34.9. The van der Waals surface area contributed by atoms with Crippen molar-refractivity contribution in [2.75, 3.05) is 85.7 Å². The largest absolute Gasteiger partial charge is 0.380 e. The van der Waals surface area contributed by atoms with E-state index in [1.54, 1.807) is 0 Å². The minimum absolute atomic E-state index is 0.542. The van der Waals surface area contributed by atoms with Crippen molar-refractivity contribution in [2.45, 2.75) is 126 Å². The molecule has 4 unspecified atom stereocenters. The first-order chi connectivity index (χ1) is 20.5. The molecule has 7 heterocycles. The number of nitrogens with zero attached hydrogens (tertiary/aromatic N) is 4. The van der Waals surface area contributed by atoms with Gasteiger partial charge < -0.3 is 19.3 Å². The highest BCUT2D eigenvalue weighted by atomic mass is 16.5. The van der Waals surface area contributed by atoms with Crippen LogP contribution < -0.4 is 0 Å². The standard InChI is InChI=1S/C10H20N2.C10H19N.C9H17NO.C6H12O.C2H6/c1-3-12-6-4-10(5-7-12)8-11(2)9-10;1-8(2)6-11-7-9-3-4-10(11)5-9;1-7(2)4-10-5-8-3-9(6-10)11-8;1-3-6(2)4-7-5-6;1-2/h3-9H2,1-2H3;8-10H,3-7H2,1-2H3;7-9H,3-6H2,1-2H3;3-5H2,1-2H3;1-2H3. The zero-order valence-corrected chi connectivity index (χ0v) is 30.5. The molecule has 1 aliphatic carbocycles. The van der Waals surface area contributed by atoms with E-state index >= 15 is 0 Å². The third-order valence-electron chi connectivity index (χ3n) is 10.9. The van der Waals surface area contributed by atoms with Crippen molar-refractivity contribution in [3.63, 3.8) is 0 Å². The maximum atomic E-state index is 5.55. The summed E-state index contributed by atoms with van der Waals surface area (Å²) in [6.07, 6.45) is 11.1. The number of morpholine rings is 1. The average molecular weight is 607 g/mol. The smallest absolute Gasteiger partial charge is 0.0731 e. The van der Waals surface area contributed by atoms with E-state index in [4.69, 9.17) is 9.47 Å². The van der Waals surface area contributed by atoms with Crippen molar-refractivity contribution >= 4 is 0 Å². The van der Waals surface area contributed by atoms with Gasteiger partial charge in [0.05, 0.1) is 25.4 Å². The van der Waals surface area contributed by atoms with Gasteiger partial charge in [-0.25, -0.2) is 0 Å². The van der Waals surface area contributed by atoms with Gasteiger partial charge in [0, 0.05) is 63.7 Å². The predicted molar refractivity (Wildman–Crippen MR) is 184 cm³/mol. The molecule has 4 atom stereocenters. The van der Waals surface area contributed by atoms with Gasteiger partial charge in [0.1, 0.15) is 0 Å². The Morgan fingerprint density at radius 3 is 1.72 bits per heavy atom. The highest BCUT2D eigenvalue weighted by Crippen LogP contribution is 2.39. The Kier molecular flexibility index (Phi) is 15.2. The maximum absolute atomic E-state index is 5.55. The van der Waals surface area contributed by atoms with Crippen LogP contribution in [0.2, 0.25) is 0 Å². The second kappa shape index (κ2) is 17.6. The Bertz CT molecular complexity index is 731. The molecule has 0 amide bonds. The number of hydrogen-bond donors (Lipinski definition) is 0. The summed E-state index contributed by atoms with van der Waals surface area (Å²) in [5, 5.41) is 0. The second-order valence-electron chi connectivity index (χ2n) is 16.2. The molecule has 6 nitrogen and oxygen atoms in total. The molecule has 4 bridgehead atoms. The highest BCUT2D eigenvalue weighted by Gasteiger charge is 2.42. The zero-order chi connectivity index (χ0) is 31.6. The summed E-state index contributed by atoms with van der Waals surface area (Å²) in [5.74, 6) is 2.72. The van der Waals surface area contributed by atoms with Crippen LogP contribution >= 0.6 is 0 Å². The Hall–Kier alpha value is -0.240. The van der Waals surface area contributed by atoms with E-state index in [9.17, 15) is 0 Å². The first kappa shape index (κ1) is 37.2. The molecule has 6 heteroatoms. The van der Waals surface area contributed by atoms with Crippen LogP contribution in [0.4, 0.5) is 0 Å². The van der Waals surface area contributed by atoms with Gasteiger partial charge in [-0.05, 0) is 88.4 Å². The third kappa shape index (κ3) is 11.5. The third-order valence-corrected chi connectivity index (χ3v) is 10.9. The van der Waals surface area contributed by atoms with Crippen LogP contribution in [0.3, 0.4) is 0 Å². The van der Waals surface area contributed by atoms with E-state index in [1.807, 2.05) is 13.8 Å². The molecule has 8 fully saturated rings. The lowest BCUT2D eigenvalue weighted by Crippen LogP contribution is -2.58. The number of fused-ring (bicyclic) bond motifs is 4. The van der Waals surface area contributed by atoms with Crippen LogP contribution in [0.15, 0.2) is 0 Å². The number of ether oxygens (including phenoxy) is 2. The van der Waals surface area contributed by atoms with Crippen molar-refractivity contribution in [2.24, 2.45) is 28.6 Å². The summed E-state index contributed by atoms with van der Waals surface area (Å²) in [5.41, 5.74) is 1.28. The number of likely N-dealkylation sites (tertiary alicyclic amines) is 3. The van der Waals surface area contributed by atoms with Crippen LogP contribution in [0, 0.1) is 28.6 Å². The van der Waals surface area contributed by atoms with E-state index in [0.29, 0.717) is 17.6 Å². The lowest BCUT2D eigenvalue weighted by Gasteiger charge is -2.52. The fourth-order valence-electron chi connectivity index (χ4n) is 8.24. The van der Waals surface area contributed by atoms with Gasteiger partial charge in [-0.3, -0.25) is 9.80 Å². The van der Waals surface area contributed by atoms with Gasteiger partial charge in [0.2, 0.25) is 0 Å².